The van der Waals surface area contributed by atoms with Crippen molar-refractivity contribution in [2.24, 2.45) is 0 Å². The lowest BCUT2D eigenvalue weighted by atomic mass is 10.2. The van der Waals surface area contributed by atoms with E-state index in [0.717, 1.165) is 12.1 Å². The van der Waals surface area contributed by atoms with Gasteiger partial charge in [-0.05, 0) is 18.4 Å². The van der Waals surface area contributed by atoms with Gasteiger partial charge in [-0.1, -0.05) is 11.8 Å². The number of nitrogens with zero attached hydrogens (tertiary/aromatic N) is 3. The first-order chi connectivity index (χ1) is 8.51. The van der Waals surface area contributed by atoms with Crippen molar-refractivity contribution in [2.75, 3.05) is 12.0 Å². The lowest BCUT2D eigenvalue weighted by Gasteiger charge is -2.04. The molecular weight excluding hydrogens is 265 g/mol. The van der Waals surface area contributed by atoms with Crippen LogP contribution in [0.15, 0.2) is 17.3 Å². The summed E-state index contributed by atoms with van der Waals surface area (Å²) in [6.07, 6.45) is 1.71. The zero-order valence-corrected chi connectivity index (χ0v) is 9.93. The van der Waals surface area contributed by atoms with E-state index in [9.17, 15) is 13.2 Å². The molecule has 0 saturated carbocycles. The highest BCUT2D eigenvalue weighted by Gasteiger charge is 2.14. The van der Waals surface area contributed by atoms with E-state index in [4.69, 9.17) is 5.73 Å². The molecule has 8 heteroatoms. The molecular formula is C10H7F3N4S. The van der Waals surface area contributed by atoms with Crippen molar-refractivity contribution in [3.8, 4) is 11.4 Å². The van der Waals surface area contributed by atoms with Crippen LogP contribution in [0.25, 0.3) is 11.4 Å². The van der Waals surface area contributed by atoms with Gasteiger partial charge in [0.25, 0.3) is 0 Å². The summed E-state index contributed by atoms with van der Waals surface area (Å²) in [5, 5.41) is 0.308. The molecule has 94 valence electrons. The number of aromatic nitrogens is 3. The minimum Gasteiger partial charge on any atom is -0.368 e. The average molecular weight is 272 g/mol. The Bertz CT molecular complexity index is 583. The normalized spacial score (nSPS) is 10.7. The van der Waals surface area contributed by atoms with Crippen LogP contribution >= 0.6 is 11.8 Å². The van der Waals surface area contributed by atoms with E-state index in [1.807, 2.05) is 0 Å². The maximum Gasteiger partial charge on any atom is 0.224 e. The lowest BCUT2D eigenvalue weighted by Crippen LogP contribution is -2.02. The summed E-state index contributed by atoms with van der Waals surface area (Å²) < 4.78 is 39.0. The number of nitrogens with two attached hydrogens (primary N) is 1. The zero-order valence-electron chi connectivity index (χ0n) is 9.12. The topological polar surface area (TPSA) is 64.7 Å². The first-order valence-electron chi connectivity index (χ1n) is 4.71. The molecule has 18 heavy (non-hydrogen) atoms. The van der Waals surface area contributed by atoms with Gasteiger partial charge in [-0.25, -0.2) is 18.2 Å². The number of hydrogen-bond donors (Lipinski definition) is 1. The fraction of sp³-hybridized carbons (Fsp3) is 0.100. The molecule has 1 aromatic heterocycles. The molecule has 0 atom stereocenters. The molecule has 0 saturated heterocycles. The molecule has 0 bridgehead atoms. The number of nitrogen functional groups attached to an aromatic ring is 1. The van der Waals surface area contributed by atoms with Gasteiger partial charge in [-0.15, -0.1) is 0 Å². The number of rotatable bonds is 2. The summed E-state index contributed by atoms with van der Waals surface area (Å²) in [5.74, 6) is -4.24. The maximum absolute atomic E-state index is 13.1. The Morgan fingerprint density at radius 3 is 2.22 bits per heavy atom. The van der Waals surface area contributed by atoms with Crippen molar-refractivity contribution in [1.29, 1.82) is 0 Å². The van der Waals surface area contributed by atoms with E-state index in [1.165, 1.54) is 11.8 Å². The highest BCUT2D eigenvalue weighted by atomic mass is 32.2. The molecule has 0 aliphatic rings. The number of anilines is 1. The van der Waals surface area contributed by atoms with Crippen molar-refractivity contribution >= 4 is 17.7 Å². The van der Waals surface area contributed by atoms with Crippen LogP contribution in [0.4, 0.5) is 19.1 Å². The highest BCUT2D eigenvalue weighted by Crippen LogP contribution is 2.22. The Kier molecular flexibility index (Phi) is 3.37. The van der Waals surface area contributed by atoms with E-state index < -0.39 is 17.5 Å². The largest absolute Gasteiger partial charge is 0.368 e. The van der Waals surface area contributed by atoms with Crippen LogP contribution in [-0.4, -0.2) is 21.2 Å². The number of hydrogen-bond acceptors (Lipinski definition) is 5. The second kappa shape index (κ2) is 4.81. The van der Waals surface area contributed by atoms with Crippen LogP contribution in [0.1, 0.15) is 0 Å². The fourth-order valence-electron chi connectivity index (χ4n) is 1.28. The highest BCUT2D eigenvalue weighted by molar-refractivity contribution is 7.98. The van der Waals surface area contributed by atoms with Gasteiger partial charge in [0.05, 0.1) is 0 Å². The maximum atomic E-state index is 13.1. The summed E-state index contributed by atoms with van der Waals surface area (Å²) in [7, 11) is 0. The molecule has 0 amide bonds. The van der Waals surface area contributed by atoms with Crippen molar-refractivity contribution in [3.63, 3.8) is 0 Å². The Labute approximate surface area is 104 Å². The molecule has 0 unspecified atom stereocenters. The van der Waals surface area contributed by atoms with Crippen LogP contribution in [0.2, 0.25) is 0 Å². The number of thioether (sulfide) groups is 1. The summed E-state index contributed by atoms with van der Waals surface area (Å²) in [4.78, 5) is 11.5. The minimum atomic E-state index is -1.54. The third-order valence-electron chi connectivity index (χ3n) is 2.06. The zero-order chi connectivity index (χ0) is 13.3. The van der Waals surface area contributed by atoms with Crippen LogP contribution in [-0.2, 0) is 0 Å². The number of benzene rings is 1. The summed E-state index contributed by atoms with van der Waals surface area (Å²) in [5.41, 5.74) is 5.44. The van der Waals surface area contributed by atoms with E-state index in [2.05, 4.69) is 15.0 Å². The number of halogens is 3. The molecule has 0 spiro atoms. The van der Waals surface area contributed by atoms with Crippen molar-refractivity contribution in [1.82, 2.24) is 15.0 Å². The SMILES string of the molecule is CSc1nc(N)nc(-c2cc(F)c(F)c(F)c2)n1. The van der Waals surface area contributed by atoms with Gasteiger partial charge in [0.2, 0.25) is 5.95 Å². The Morgan fingerprint density at radius 1 is 1.06 bits per heavy atom. The van der Waals surface area contributed by atoms with Gasteiger partial charge in [0, 0.05) is 5.56 Å². The smallest absolute Gasteiger partial charge is 0.224 e. The molecule has 4 nitrogen and oxygen atoms in total. The lowest BCUT2D eigenvalue weighted by molar-refractivity contribution is 0.447. The predicted octanol–water partition coefficient (Wildman–Crippen LogP) is 2.26. The summed E-state index contributed by atoms with van der Waals surface area (Å²) in [6, 6.07) is 1.61. The second-order valence-corrected chi connectivity index (χ2v) is 4.03. The van der Waals surface area contributed by atoms with Crippen molar-refractivity contribution in [2.45, 2.75) is 5.16 Å². The monoisotopic (exact) mass is 272 g/mol. The van der Waals surface area contributed by atoms with Crippen molar-refractivity contribution in [3.05, 3.63) is 29.6 Å². The molecule has 1 aromatic carbocycles. The van der Waals surface area contributed by atoms with Crippen LogP contribution in [0, 0.1) is 17.5 Å². The fourth-order valence-corrected chi connectivity index (χ4v) is 1.64. The third kappa shape index (κ3) is 2.37. The molecule has 0 aliphatic heterocycles. The summed E-state index contributed by atoms with van der Waals surface area (Å²) in [6.45, 7) is 0. The van der Waals surface area contributed by atoms with E-state index in [1.54, 1.807) is 6.26 Å². The van der Waals surface area contributed by atoms with E-state index >= 15 is 0 Å². The first kappa shape index (κ1) is 12.6. The predicted molar refractivity (Wildman–Crippen MR) is 61.3 cm³/mol. The van der Waals surface area contributed by atoms with Gasteiger partial charge in [0.15, 0.2) is 28.4 Å². The Balaban J connectivity index is 2.58. The summed E-state index contributed by atoms with van der Waals surface area (Å²) >= 11 is 1.20. The molecule has 2 aromatic rings. The van der Waals surface area contributed by atoms with Crippen molar-refractivity contribution < 1.29 is 13.2 Å². The first-order valence-corrected chi connectivity index (χ1v) is 5.94. The van der Waals surface area contributed by atoms with Gasteiger partial charge < -0.3 is 5.73 Å². The molecule has 2 rings (SSSR count). The Hall–Kier alpha value is -1.83. The molecule has 0 radical (unpaired) electrons. The van der Waals surface area contributed by atoms with Gasteiger partial charge in [0.1, 0.15) is 0 Å². The van der Waals surface area contributed by atoms with Crippen LogP contribution in [0.3, 0.4) is 0 Å². The Morgan fingerprint density at radius 2 is 1.67 bits per heavy atom. The van der Waals surface area contributed by atoms with Crippen LogP contribution in [0.5, 0.6) is 0 Å². The quantitative estimate of drug-likeness (QED) is 0.671. The van der Waals surface area contributed by atoms with Crippen LogP contribution < -0.4 is 5.73 Å². The molecule has 0 fully saturated rings. The van der Waals surface area contributed by atoms with E-state index in [-0.39, 0.29) is 17.3 Å². The van der Waals surface area contributed by atoms with Gasteiger partial charge in [-0.3, -0.25) is 0 Å². The molecule has 2 N–H and O–H groups in total. The average Bonchev–Trinajstić information content (AvgIpc) is 2.34. The molecule has 0 aliphatic carbocycles. The van der Waals surface area contributed by atoms with Gasteiger partial charge in [-0.2, -0.15) is 9.97 Å². The van der Waals surface area contributed by atoms with Gasteiger partial charge >= 0.3 is 0 Å². The standard InChI is InChI=1S/C10H7F3N4S/c1-18-10-16-8(15-9(14)17-10)4-2-5(11)7(13)6(12)3-4/h2-3H,1H3,(H2,14,15,16,17). The van der Waals surface area contributed by atoms with E-state index in [0.29, 0.717) is 5.16 Å². The minimum absolute atomic E-state index is 0.00389. The third-order valence-corrected chi connectivity index (χ3v) is 2.60. The second-order valence-electron chi connectivity index (χ2n) is 3.26. The molecule has 1 heterocycles.